The van der Waals surface area contributed by atoms with E-state index in [1.165, 1.54) is 25.2 Å². The molecule has 0 N–H and O–H groups in total. The van der Waals surface area contributed by atoms with Gasteiger partial charge in [-0.15, -0.1) is 0 Å². The summed E-state index contributed by atoms with van der Waals surface area (Å²) in [5.41, 5.74) is 0. The molecular weight excluding hydrogens is 265 g/mol. The molecule has 1 unspecified atom stereocenters. The van der Waals surface area contributed by atoms with Gasteiger partial charge in [0, 0.05) is 26.7 Å². The Morgan fingerprint density at radius 1 is 1.37 bits per heavy atom. The van der Waals surface area contributed by atoms with Crippen LogP contribution >= 0.6 is 0 Å². The molecule has 8 heteroatoms. The number of ether oxygens (including phenoxy) is 2. The van der Waals surface area contributed by atoms with Gasteiger partial charge < -0.3 is 9.47 Å². The third-order valence-electron chi connectivity index (χ3n) is 2.46. The van der Waals surface area contributed by atoms with Crippen molar-refractivity contribution in [2.24, 2.45) is 5.92 Å². The summed E-state index contributed by atoms with van der Waals surface area (Å²) < 4.78 is 46.7. The van der Waals surface area contributed by atoms with Crippen molar-refractivity contribution in [2.75, 3.05) is 40.5 Å². The number of carbonyl (C=O) groups excluding carboxylic acids is 1. The lowest BCUT2D eigenvalue weighted by atomic mass is 10.1. The van der Waals surface area contributed by atoms with Crippen LogP contribution < -0.4 is 0 Å². The summed E-state index contributed by atoms with van der Waals surface area (Å²) in [6.45, 7) is 0.0313. The maximum absolute atomic E-state index is 12.5. The highest BCUT2D eigenvalue weighted by atomic mass is 19.4. The SMILES string of the molecule is COCCN(CCC(=O)OC)CC(C#N)C(F)(F)F. The lowest BCUT2D eigenvalue weighted by molar-refractivity contribution is -0.163. The number of rotatable bonds is 8. The lowest BCUT2D eigenvalue weighted by Gasteiger charge is -2.24. The van der Waals surface area contributed by atoms with Gasteiger partial charge in [-0.2, -0.15) is 18.4 Å². The zero-order valence-electron chi connectivity index (χ0n) is 10.9. The number of nitriles is 1. The Balaban J connectivity index is 4.48. The fourth-order valence-corrected chi connectivity index (χ4v) is 1.34. The van der Waals surface area contributed by atoms with Crippen molar-refractivity contribution in [2.45, 2.75) is 12.6 Å². The van der Waals surface area contributed by atoms with E-state index in [1.54, 1.807) is 0 Å². The molecule has 0 saturated heterocycles. The summed E-state index contributed by atoms with van der Waals surface area (Å²) in [4.78, 5) is 12.3. The third-order valence-corrected chi connectivity index (χ3v) is 2.46. The first kappa shape index (κ1) is 17.7. The number of nitrogens with zero attached hydrogens (tertiary/aromatic N) is 2. The zero-order valence-corrected chi connectivity index (χ0v) is 10.9. The number of hydrogen-bond donors (Lipinski definition) is 0. The molecule has 0 fully saturated rings. The molecule has 0 spiro atoms. The van der Waals surface area contributed by atoms with Gasteiger partial charge in [0.1, 0.15) is 0 Å². The average Bonchev–Trinajstić information content (AvgIpc) is 2.35. The highest BCUT2D eigenvalue weighted by molar-refractivity contribution is 5.69. The summed E-state index contributed by atoms with van der Waals surface area (Å²) in [6, 6.07) is 1.23. The minimum Gasteiger partial charge on any atom is -0.469 e. The van der Waals surface area contributed by atoms with Crippen LogP contribution in [0, 0.1) is 17.2 Å². The number of esters is 1. The van der Waals surface area contributed by atoms with Crippen LogP contribution in [0.25, 0.3) is 0 Å². The molecule has 5 nitrogen and oxygen atoms in total. The van der Waals surface area contributed by atoms with E-state index in [9.17, 15) is 18.0 Å². The van der Waals surface area contributed by atoms with Crippen LogP contribution in [0.2, 0.25) is 0 Å². The van der Waals surface area contributed by atoms with E-state index in [2.05, 4.69) is 4.74 Å². The fraction of sp³-hybridized carbons (Fsp3) is 0.818. The maximum atomic E-state index is 12.5. The summed E-state index contributed by atoms with van der Waals surface area (Å²) in [5.74, 6) is -2.59. The van der Waals surface area contributed by atoms with Crippen molar-refractivity contribution in [3.05, 3.63) is 0 Å². The monoisotopic (exact) mass is 282 g/mol. The van der Waals surface area contributed by atoms with Crippen LogP contribution in [0.1, 0.15) is 6.42 Å². The first-order valence-electron chi connectivity index (χ1n) is 5.59. The average molecular weight is 282 g/mol. The molecule has 0 aromatic heterocycles. The minimum absolute atomic E-state index is 0.0315. The molecule has 110 valence electrons. The van der Waals surface area contributed by atoms with Crippen molar-refractivity contribution in [1.82, 2.24) is 4.90 Å². The van der Waals surface area contributed by atoms with Gasteiger partial charge in [0.15, 0.2) is 5.92 Å². The summed E-state index contributed by atoms with van der Waals surface area (Å²) in [6.07, 6.45) is -4.61. The number of halogens is 3. The zero-order chi connectivity index (χ0) is 14.9. The highest BCUT2D eigenvalue weighted by Crippen LogP contribution is 2.26. The van der Waals surface area contributed by atoms with Crippen molar-refractivity contribution < 1.29 is 27.4 Å². The molecule has 0 aromatic rings. The van der Waals surface area contributed by atoms with Crippen molar-refractivity contribution in [3.63, 3.8) is 0 Å². The van der Waals surface area contributed by atoms with Gasteiger partial charge >= 0.3 is 12.1 Å². The molecule has 0 bridgehead atoms. The number of methoxy groups -OCH3 is 2. The van der Waals surface area contributed by atoms with Gasteiger partial charge in [-0.25, -0.2) is 0 Å². The van der Waals surface area contributed by atoms with E-state index in [4.69, 9.17) is 10.00 Å². The Hall–Kier alpha value is -1.33. The first-order chi connectivity index (χ1) is 8.85. The van der Waals surface area contributed by atoms with Crippen molar-refractivity contribution in [3.8, 4) is 6.07 Å². The second-order valence-electron chi connectivity index (χ2n) is 3.84. The summed E-state index contributed by atoms with van der Waals surface area (Å²) >= 11 is 0. The van der Waals surface area contributed by atoms with Crippen LogP contribution in [0.15, 0.2) is 0 Å². The molecule has 0 saturated carbocycles. The van der Waals surface area contributed by atoms with Crippen LogP contribution in [0.4, 0.5) is 13.2 Å². The van der Waals surface area contributed by atoms with E-state index in [-0.39, 0.29) is 26.1 Å². The van der Waals surface area contributed by atoms with Gasteiger partial charge in [0.05, 0.1) is 26.2 Å². The van der Waals surface area contributed by atoms with Gasteiger partial charge in [0.25, 0.3) is 0 Å². The second kappa shape index (κ2) is 8.72. The lowest BCUT2D eigenvalue weighted by Crippen LogP contribution is -2.39. The standard InChI is InChI=1S/C11H17F3N2O3/c1-18-6-5-16(4-3-10(17)19-2)8-9(7-15)11(12,13)14/h9H,3-6,8H2,1-2H3. The van der Waals surface area contributed by atoms with E-state index < -0.39 is 24.6 Å². The largest absolute Gasteiger partial charge is 0.469 e. The van der Waals surface area contributed by atoms with Gasteiger partial charge in [-0.05, 0) is 0 Å². The predicted molar refractivity (Wildman–Crippen MR) is 60.1 cm³/mol. The number of alkyl halides is 3. The Morgan fingerprint density at radius 3 is 2.42 bits per heavy atom. The summed E-state index contributed by atoms with van der Waals surface area (Å²) in [5, 5.41) is 8.54. The topological polar surface area (TPSA) is 62.6 Å². The highest BCUT2D eigenvalue weighted by Gasteiger charge is 2.40. The molecule has 19 heavy (non-hydrogen) atoms. The molecule has 0 aliphatic heterocycles. The van der Waals surface area contributed by atoms with Gasteiger partial charge in [-0.1, -0.05) is 0 Å². The molecule has 0 amide bonds. The number of hydrogen-bond acceptors (Lipinski definition) is 5. The van der Waals surface area contributed by atoms with Crippen LogP contribution in [0.3, 0.4) is 0 Å². The van der Waals surface area contributed by atoms with E-state index >= 15 is 0 Å². The molecule has 0 heterocycles. The van der Waals surface area contributed by atoms with Gasteiger partial charge in [0.2, 0.25) is 0 Å². The molecule has 0 rings (SSSR count). The molecule has 1 atom stereocenters. The quantitative estimate of drug-likeness (QED) is 0.626. The normalized spacial score (nSPS) is 13.1. The van der Waals surface area contributed by atoms with E-state index in [1.807, 2.05) is 0 Å². The Kier molecular flexibility index (Phi) is 8.11. The second-order valence-corrected chi connectivity index (χ2v) is 3.84. The fourth-order valence-electron chi connectivity index (χ4n) is 1.34. The Bertz CT molecular complexity index is 315. The van der Waals surface area contributed by atoms with Gasteiger partial charge in [-0.3, -0.25) is 9.69 Å². The van der Waals surface area contributed by atoms with Crippen LogP contribution in [-0.4, -0.2) is 57.5 Å². The van der Waals surface area contributed by atoms with Crippen LogP contribution in [0.5, 0.6) is 0 Å². The van der Waals surface area contributed by atoms with E-state index in [0.717, 1.165) is 0 Å². The van der Waals surface area contributed by atoms with E-state index in [0.29, 0.717) is 0 Å². The Labute approximate surface area is 109 Å². The molecule has 0 aliphatic carbocycles. The number of carbonyl (C=O) groups is 1. The van der Waals surface area contributed by atoms with Crippen LogP contribution in [-0.2, 0) is 14.3 Å². The minimum atomic E-state index is -4.58. The molecule has 0 aromatic carbocycles. The first-order valence-corrected chi connectivity index (χ1v) is 5.59. The molecule has 0 aliphatic rings. The van der Waals surface area contributed by atoms with Crippen molar-refractivity contribution in [1.29, 1.82) is 5.26 Å². The van der Waals surface area contributed by atoms with Crippen molar-refractivity contribution >= 4 is 5.97 Å². The predicted octanol–water partition coefficient (Wildman–Crippen LogP) is 1.20. The smallest absolute Gasteiger partial charge is 0.405 e. The third kappa shape index (κ3) is 7.64. The summed E-state index contributed by atoms with van der Waals surface area (Å²) in [7, 11) is 2.62. The maximum Gasteiger partial charge on any atom is 0.405 e. The molecular formula is C11H17F3N2O3. The molecule has 0 radical (unpaired) electrons. The Morgan fingerprint density at radius 2 is 2.00 bits per heavy atom.